The zero-order chi connectivity index (χ0) is 22.4. The summed E-state index contributed by atoms with van der Waals surface area (Å²) in [7, 11) is -0.489. The largest absolute Gasteiger partial charge is 0.494 e. The third-order valence-corrected chi connectivity index (χ3v) is 5.99. The molecule has 0 spiro atoms. The van der Waals surface area contributed by atoms with E-state index in [0.717, 1.165) is 16.2 Å². The number of benzene rings is 3. The summed E-state index contributed by atoms with van der Waals surface area (Å²) in [6.45, 7) is 8.02. The molecule has 1 amide bonds. The van der Waals surface area contributed by atoms with Crippen LogP contribution in [0.2, 0.25) is 0 Å². The Morgan fingerprint density at radius 3 is 2.32 bits per heavy atom. The highest BCUT2D eigenvalue weighted by molar-refractivity contribution is 6.62. The maximum Gasteiger partial charge on any atom is 0.494 e. The van der Waals surface area contributed by atoms with Crippen molar-refractivity contribution in [2.24, 2.45) is 0 Å². The molecule has 0 atom stereocenters. The number of non-ortho nitro benzene ring substituents is 1. The molecule has 3 aromatic rings. The number of fused-ring (bicyclic) bond motifs is 1. The van der Waals surface area contributed by atoms with E-state index in [9.17, 15) is 14.9 Å². The van der Waals surface area contributed by atoms with Crippen LogP contribution in [0.15, 0.2) is 60.7 Å². The third kappa shape index (κ3) is 3.92. The number of carbonyl (C=O) groups is 1. The molecule has 1 fully saturated rings. The van der Waals surface area contributed by atoms with Crippen molar-refractivity contribution in [3.05, 3.63) is 76.3 Å². The number of rotatable bonds is 4. The fourth-order valence-electron chi connectivity index (χ4n) is 3.52. The number of nitrogens with zero attached hydrogens (tertiary/aromatic N) is 1. The van der Waals surface area contributed by atoms with Crippen molar-refractivity contribution in [3.63, 3.8) is 0 Å². The van der Waals surface area contributed by atoms with E-state index in [-0.39, 0.29) is 11.6 Å². The van der Waals surface area contributed by atoms with E-state index in [1.807, 2.05) is 52.0 Å². The topological polar surface area (TPSA) is 90.7 Å². The molecule has 31 heavy (non-hydrogen) atoms. The summed E-state index contributed by atoms with van der Waals surface area (Å²) in [5.74, 6) is -0.338. The number of anilines is 1. The predicted octanol–water partition coefficient (Wildman–Crippen LogP) is 4.30. The van der Waals surface area contributed by atoms with Gasteiger partial charge in [0.15, 0.2) is 0 Å². The molecule has 158 valence electrons. The van der Waals surface area contributed by atoms with Gasteiger partial charge in [-0.2, -0.15) is 0 Å². The lowest BCUT2D eigenvalue weighted by atomic mass is 9.78. The molecule has 0 unspecified atom stereocenters. The van der Waals surface area contributed by atoms with Crippen LogP contribution in [0.1, 0.15) is 38.1 Å². The molecule has 3 aromatic carbocycles. The standard InChI is InChI=1S/C23H23BN2O5/c1-22(2)23(3,4)31-24(30-22)16-11-12-19-15(13-16)7-5-10-20(19)21(27)25-17-8-6-9-18(14-17)26(28)29/h5-14H,1-4H3,(H,25,27). The van der Waals surface area contributed by atoms with Crippen LogP contribution >= 0.6 is 0 Å². The first-order valence-corrected chi connectivity index (χ1v) is 10.0. The Labute approximate surface area is 180 Å². The van der Waals surface area contributed by atoms with Crippen LogP contribution in [0, 0.1) is 10.1 Å². The van der Waals surface area contributed by atoms with E-state index in [2.05, 4.69) is 5.32 Å². The van der Waals surface area contributed by atoms with Crippen LogP contribution in [-0.4, -0.2) is 29.2 Å². The van der Waals surface area contributed by atoms with Crippen molar-refractivity contribution >= 4 is 40.6 Å². The number of nitro groups is 1. The second-order valence-corrected chi connectivity index (χ2v) is 8.64. The third-order valence-electron chi connectivity index (χ3n) is 5.99. The van der Waals surface area contributed by atoms with E-state index in [4.69, 9.17) is 9.31 Å². The maximum absolute atomic E-state index is 12.9. The zero-order valence-corrected chi connectivity index (χ0v) is 17.8. The maximum atomic E-state index is 12.9. The lowest BCUT2D eigenvalue weighted by Gasteiger charge is -2.32. The van der Waals surface area contributed by atoms with Crippen LogP contribution in [0.4, 0.5) is 11.4 Å². The summed E-state index contributed by atoms with van der Waals surface area (Å²) in [5.41, 5.74) is 0.763. The molecule has 0 radical (unpaired) electrons. The molecule has 1 heterocycles. The molecule has 1 aliphatic rings. The van der Waals surface area contributed by atoms with E-state index in [1.165, 1.54) is 18.2 Å². The van der Waals surface area contributed by atoms with Crippen LogP contribution in [0.3, 0.4) is 0 Å². The fraction of sp³-hybridized carbons (Fsp3) is 0.261. The minimum absolute atomic E-state index is 0.0808. The van der Waals surface area contributed by atoms with Gasteiger partial charge in [-0.3, -0.25) is 14.9 Å². The minimum atomic E-state index is -0.495. The SMILES string of the molecule is CC1(C)OB(c2ccc3c(C(=O)Nc4cccc([N+](=O)[O-])c4)cccc3c2)OC1(C)C. The lowest BCUT2D eigenvalue weighted by molar-refractivity contribution is -0.384. The minimum Gasteiger partial charge on any atom is -0.399 e. The average molecular weight is 418 g/mol. The quantitative estimate of drug-likeness (QED) is 0.388. The molecule has 7 nitrogen and oxygen atoms in total. The Bertz CT molecular complexity index is 1180. The zero-order valence-electron chi connectivity index (χ0n) is 17.8. The van der Waals surface area contributed by atoms with Crippen molar-refractivity contribution < 1.29 is 19.0 Å². The van der Waals surface area contributed by atoms with Crippen LogP contribution in [0.5, 0.6) is 0 Å². The average Bonchev–Trinajstić information content (AvgIpc) is 2.94. The summed E-state index contributed by atoms with van der Waals surface area (Å²) in [6.07, 6.45) is 0. The Kier molecular flexibility index (Phi) is 5.07. The predicted molar refractivity (Wildman–Crippen MR) is 121 cm³/mol. The van der Waals surface area contributed by atoms with Gasteiger partial charge < -0.3 is 14.6 Å². The summed E-state index contributed by atoms with van der Waals surface area (Å²) in [5, 5.41) is 15.4. The molecule has 0 bridgehead atoms. The number of hydrogen-bond acceptors (Lipinski definition) is 5. The molecular weight excluding hydrogens is 395 g/mol. The molecule has 1 N–H and O–H groups in total. The summed E-state index contributed by atoms with van der Waals surface area (Å²) >= 11 is 0. The first kappa shape index (κ1) is 21.0. The van der Waals surface area contributed by atoms with Crippen LogP contribution in [-0.2, 0) is 9.31 Å². The van der Waals surface area contributed by atoms with Gasteiger partial charge in [-0.1, -0.05) is 36.4 Å². The molecule has 4 rings (SSSR count). The van der Waals surface area contributed by atoms with E-state index in [1.54, 1.807) is 18.2 Å². The molecule has 1 saturated heterocycles. The van der Waals surface area contributed by atoms with Crippen LogP contribution < -0.4 is 10.8 Å². The highest BCUT2D eigenvalue weighted by Gasteiger charge is 2.51. The second kappa shape index (κ2) is 7.48. The Balaban J connectivity index is 1.62. The first-order chi connectivity index (χ1) is 14.6. The Hall–Kier alpha value is -3.23. The lowest BCUT2D eigenvalue weighted by Crippen LogP contribution is -2.41. The Morgan fingerprint density at radius 1 is 0.968 bits per heavy atom. The van der Waals surface area contributed by atoms with Crippen molar-refractivity contribution in [1.29, 1.82) is 0 Å². The fourth-order valence-corrected chi connectivity index (χ4v) is 3.52. The Morgan fingerprint density at radius 2 is 1.65 bits per heavy atom. The van der Waals surface area contributed by atoms with Gasteiger partial charge in [0.05, 0.1) is 16.1 Å². The highest BCUT2D eigenvalue weighted by Crippen LogP contribution is 2.36. The normalized spacial score (nSPS) is 17.0. The summed E-state index contributed by atoms with van der Waals surface area (Å²) < 4.78 is 12.3. The van der Waals surface area contributed by atoms with E-state index < -0.39 is 23.2 Å². The first-order valence-electron chi connectivity index (χ1n) is 10.0. The highest BCUT2D eigenvalue weighted by atomic mass is 16.7. The van der Waals surface area contributed by atoms with Crippen molar-refractivity contribution in [2.75, 3.05) is 5.32 Å². The molecule has 0 aromatic heterocycles. The van der Waals surface area contributed by atoms with Gasteiger partial charge in [0.25, 0.3) is 11.6 Å². The van der Waals surface area contributed by atoms with Gasteiger partial charge >= 0.3 is 7.12 Å². The van der Waals surface area contributed by atoms with Crippen LogP contribution in [0.25, 0.3) is 10.8 Å². The number of amides is 1. The van der Waals surface area contributed by atoms with Gasteiger partial charge in [-0.05, 0) is 56.1 Å². The monoisotopic (exact) mass is 418 g/mol. The molecule has 0 aliphatic carbocycles. The summed E-state index contributed by atoms with van der Waals surface area (Å²) in [4.78, 5) is 23.4. The van der Waals surface area contributed by atoms with Gasteiger partial charge in [0, 0.05) is 23.4 Å². The molecule has 1 aliphatic heterocycles. The molecular formula is C23H23BN2O5. The number of hydrogen-bond donors (Lipinski definition) is 1. The molecule has 8 heteroatoms. The number of carbonyl (C=O) groups excluding carboxylic acids is 1. The van der Waals surface area contributed by atoms with Gasteiger partial charge in [-0.25, -0.2) is 0 Å². The van der Waals surface area contributed by atoms with E-state index >= 15 is 0 Å². The van der Waals surface area contributed by atoms with E-state index in [0.29, 0.717) is 11.3 Å². The number of nitrogens with one attached hydrogen (secondary N) is 1. The van der Waals surface area contributed by atoms with Gasteiger partial charge in [0.2, 0.25) is 0 Å². The van der Waals surface area contributed by atoms with Crippen molar-refractivity contribution in [2.45, 2.75) is 38.9 Å². The number of nitro benzene ring substituents is 1. The van der Waals surface area contributed by atoms with Crippen molar-refractivity contribution in [1.82, 2.24) is 0 Å². The van der Waals surface area contributed by atoms with Gasteiger partial charge in [0.1, 0.15) is 0 Å². The van der Waals surface area contributed by atoms with Crippen molar-refractivity contribution in [3.8, 4) is 0 Å². The smallest absolute Gasteiger partial charge is 0.399 e. The van der Waals surface area contributed by atoms with Gasteiger partial charge in [-0.15, -0.1) is 0 Å². The summed E-state index contributed by atoms with van der Waals surface area (Å²) in [6, 6.07) is 17.1. The molecule has 0 saturated carbocycles. The second-order valence-electron chi connectivity index (χ2n) is 8.64.